The lowest BCUT2D eigenvalue weighted by Gasteiger charge is -2.15. The van der Waals surface area contributed by atoms with Crippen molar-refractivity contribution in [1.29, 1.82) is 0 Å². The highest BCUT2D eigenvalue weighted by Gasteiger charge is 2.10. The summed E-state index contributed by atoms with van der Waals surface area (Å²) in [6, 6.07) is 5.48. The van der Waals surface area contributed by atoms with Gasteiger partial charge in [0.25, 0.3) is 0 Å². The van der Waals surface area contributed by atoms with Gasteiger partial charge in [0.05, 0.1) is 16.1 Å². The molecule has 1 rings (SSSR count). The lowest BCUT2D eigenvalue weighted by Crippen LogP contribution is -2.09. The van der Waals surface area contributed by atoms with Gasteiger partial charge < -0.3 is 10.5 Å². The number of methoxy groups -OCH3 is 1. The van der Waals surface area contributed by atoms with E-state index in [1.54, 1.807) is 13.2 Å². The minimum atomic E-state index is -0.00485. The standard InChI is InChI=1S/C10H13Cl2NO/c1-14-10(4-5-13)7-2-3-8(11)9(12)6-7/h2-3,6,10H,4-5,13H2,1H3. The zero-order valence-electron chi connectivity index (χ0n) is 7.97. The fraction of sp³-hybridized carbons (Fsp3) is 0.400. The lowest BCUT2D eigenvalue weighted by atomic mass is 10.1. The smallest absolute Gasteiger partial charge is 0.0833 e. The molecular weight excluding hydrogens is 221 g/mol. The summed E-state index contributed by atoms with van der Waals surface area (Å²) >= 11 is 11.7. The van der Waals surface area contributed by atoms with Crippen LogP contribution >= 0.6 is 23.2 Å². The summed E-state index contributed by atoms with van der Waals surface area (Å²) in [6.07, 6.45) is 0.767. The van der Waals surface area contributed by atoms with Crippen LogP contribution in [0.15, 0.2) is 18.2 Å². The Bertz CT molecular complexity index is 304. The van der Waals surface area contributed by atoms with Crippen molar-refractivity contribution in [2.75, 3.05) is 13.7 Å². The molecule has 14 heavy (non-hydrogen) atoms. The summed E-state index contributed by atoms with van der Waals surface area (Å²) in [5.41, 5.74) is 6.48. The Morgan fingerprint density at radius 2 is 2.07 bits per heavy atom. The first kappa shape index (κ1) is 11.8. The second kappa shape index (κ2) is 5.56. The van der Waals surface area contributed by atoms with Gasteiger partial charge in [-0.25, -0.2) is 0 Å². The molecule has 0 fully saturated rings. The van der Waals surface area contributed by atoms with Crippen molar-refractivity contribution >= 4 is 23.2 Å². The molecule has 0 aliphatic carbocycles. The van der Waals surface area contributed by atoms with Crippen molar-refractivity contribution in [3.8, 4) is 0 Å². The molecule has 2 nitrogen and oxygen atoms in total. The first-order chi connectivity index (χ1) is 6.69. The molecule has 0 aromatic heterocycles. The van der Waals surface area contributed by atoms with Gasteiger partial charge in [-0.2, -0.15) is 0 Å². The second-order valence-electron chi connectivity index (χ2n) is 2.98. The summed E-state index contributed by atoms with van der Waals surface area (Å²) in [7, 11) is 1.66. The largest absolute Gasteiger partial charge is 0.377 e. The molecule has 1 unspecified atom stereocenters. The van der Waals surface area contributed by atoms with Gasteiger partial charge in [-0.05, 0) is 30.7 Å². The fourth-order valence-corrected chi connectivity index (χ4v) is 1.59. The molecule has 4 heteroatoms. The van der Waals surface area contributed by atoms with Gasteiger partial charge in [-0.15, -0.1) is 0 Å². The molecule has 0 aliphatic heterocycles. The molecule has 0 bridgehead atoms. The van der Waals surface area contributed by atoms with Gasteiger partial charge in [-0.3, -0.25) is 0 Å². The van der Waals surface area contributed by atoms with Crippen LogP contribution in [0, 0.1) is 0 Å². The van der Waals surface area contributed by atoms with Crippen LogP contribution in [0.5, 0.6) is 0 Å². The molecule has 1 atom stereocenters. The van der Waals surface area contributed by atoms with Crippen molar-refractivity contribution in [1.82, 2.24) is 0 Å². The number of benzene rings is 1. The van der Waals surface area contributed by atoms with Gasteiger partial charge in [0, 0.05) is 7.11 Å². The summed E-state index contributed by atoms with van der Waals surface area (Å²) < 4.78 is 5.29. The van der Waals surface area contributed by atoms with E-state index in [-0.39, 0.29) is 6.10 Å². The molecule has 1 aromatic rings. The van der Waals surface area contributed by atoms with E-state index in [4.69, 9.17) is 33.7 Å². The second-order valence-corrected chi connectivity index (χ2v) is 3.79. The van der Waals surface area contributed by atoms with E-state index >= 15 is 0 Å². The van der Waals surface area contributed by atoms with Crippen molar-refractivity contribution in [2.24, 2.45) is 5.73 Å². The summed E-state index contributed by atoms with van der Waals surface area (Å²) in [5, 5.41) is 1.10. The van der Waals surface area contributed by atoms with Crippen LogP contribution in [0.4, 0.5) is 0 Å². The number of hydrogen-bond acceptors (Lipinski definition) is 2. The van der Waals surface area contributed by atoms with Crippen molar-refractivity contribution < 1.29 is 4.74 Å². The maximum absolute atomic E-state index is 5.90. The van der Waals surface area contributed by atoms with E-state index in [0.29, 0.717) is 16.6 Å². The molecule has 2 N–H and O–H groups in total. The number of nitrogens with two attached hydrogens (primary N) is 1. The van der Waals surface area contributed by atoms with E-state index in [9.17, 15) is 0 Å². The molecule has 0 saturated heterocycles. The third-order valence-corrected chi connectivity index (χ3v) is 2.77. The van der Waals surface area contributed by atoms with Crippen LogP contribution in [-0.2, 0) is 4.74 Å². The van der Waals surface area contributed by atoms with Crippen LogP contribution in [0.3, 0.4) is 0 Å². The number of ether oxygens (including phenoxy) is 1. The lowest BCUT2D eigenvalue weighted by molar-refractivity contribution is 0.0978. The first-order valence-corrected chi connectivity index (χ1v) is 5.12. The number of hydrogen-bond donors (Lipinski definition) is 1. The predicted molar refractivity (Wildman–Crippen MR) is 59.9 cm³/mol. The summed E-state index contributed by atoms with van der Waals surface area (Å²) in [4.78, 5) is 0. The number of rotatable bonds is 4. The van der Waals surface area contributed by atoms with Gasteiger partial charge in [0.1, 0.15) is 0 Å². The topological polar surface area (TPSA) is 35.2 Å². The van der Waals surface area contributed by atoms with Gasteiger partial charge in [-0.1, -0.05) is 29.3 Å². The normalized spacial score (nSPS) is 12.9. The highest BCUT2D eigenvalue weighted by Crippen LogP contribution is 2.28. The van der Waals surface area contributed by atoms with Crippen LogP contribution in [0.25, 0.3) is 0 Å². The molecule has 0 amide bonds. The highest BCUT2D eigenvalue weighted by molar-refractivity contribution is 6.42. The van der Waals surface area contributed by atoms with Gasteiger partial charge in [0.2, 0.25) is 0 Å². The van der Waals surface area contributed by atoms with E-state index in [1.807, 2.05) is 12.1 Å². The SMILES string of the molecule is COC(CCN)c1ccc(Cl)c(Cl)c1. The molecule has 0 heterocycles. The molecule has 1 aromatic carbocycles. The van der Waals surface area contributed by atoms with Crippen LogP contribution in [-0.4, -0.2) is 13.7 Å². The van der Waals surface area contributed by atoms with E-state index in [2.05, 4.69) is 0 Å². The average molecular weight is 234 g/mol. The van der Waals surface area contributed by atoms with Crippen LogP contribution < -0.4 is 5.73 Å². The maximum atomic E-state index is 5.90. The Morgan fingerprint density at radius 1 is 1.36 bits per heavy atom. The molecule has 0 spiro atoms. The maximum Gasteiger partial charge on any atom is 0.0833 e. The predicted octanol–water partition coefficient (Wildman–Crippen LogP) is 3.03. The Morgan fingerprint density at radius 3 is 2.57 bits per heavy atom. The third kappa shape index (κ3) is 2.85. The fourth-order valence-electron chi connectivity index (χ4n) is 1.28. The summed E-state index contributed by atoms with van der Waals surface area (Å²) in [5.74, 6) is 0. The quantitative estimate of drug-likeness (QED) is 0.868. The summed E-state index contributed by atoms with van der Waals surface area (Å²) in [6.45, 7) is 0.582. The minimum absolute atomic E-state index is 0.00485. The van der Waals surface area contributed by atoms with Crippen LogP contribution in [0.1, 0.15) is 18.1 Å². The van der Waals surface area contributed by atoms with E-state index in [0.717, 1.165) is 12.0 Å². The van der Waals surface area contributed by atoms with Crippen molar-refractivity contribution in [3.63, 3.8) is 0 Å². The Hall–Kier alpha value is -0.280. The molecule has 0 aliphatic rings. The zero-order valence-corrected chi connectivity index (χ0v) is 9.48. The molecular formula is C10H13Cl2NO. The van der Waals surface area contributed by atoms with E-state index in [1.165, 1.54) is 0 Å². The third-order valence-electron chi connectivity index (χ3n) is 2.03. The molecule has 0 radical (unpaired) electrons. The first-order valence-electron chi connectivity index (χ1n) is 4.37. The van der Waals surface area contributed by atoms with Gasteiger partial charge in [0.15, 0.2) is 0 Å². The van der Waals surface area contributed by atoms with Crippen LogP contribution in [0.2, 0.25) is 10.0 Å². The Kier molecular flexibility index (Phi) is 4.69. The Balaban J connectivity index is 2.88. The number of halogens is 2. The van der Waals surface area contributed by atoms with Crippen molar-refractivity contribution in [2.45, 2.75) is 12.5 Å². The van der Waals surface area contributed by atoms with E-state index < -0.39 is 0 Å². The zero-order chi connectivity index (χ0) is 10.6. The molecule has 0 saturated carbocycles. The van der Waals surface area contributed by atoms with Gasteiger partial charge >= 0.3 is 0 Å². The highest BCUT2D eigenvalue weighted by atomic mass is 35.5. The average Bonchev–Trinajstić information content (AvgIpc) is 2.19. The molecule has 78 valence electrons. The Labute approximate surface area is 94.0 Å². The monoisotopic (exact) mass is 233 g/mol. The minimum Gasteiger partial charge on any atom is -0.377 e. The van der Waals surface area contributed by atoms with Crippen molar-refractivity contribution in [3.05, 3.63) is 33.8 Å².